The molecule has 0 saturated carbocycles. The Bertz CT molecular complexity index is 220. The van der Waals surface area contributed by atoms with Crippen LogP contribution in [0, 0.1) is 0 Å². The van der Waals surface area contributed by atoms with E-state index in [0.29, 0.717) is 0 Å². The normalized spacial score (nSPS) is 9.67. The van der Waals surface area contributed by atoms with Crippen LogP contribution in [-0.4, -0.2) is 25.9 Å². The molecule has 4 N–H and O–H groups in total. The monoisotopic (exact) mass is 223 g/mol. The van der Waals surface area contributed by atoms with Gasteiger partial charge in [-0.25, -0.2) is 8.42 Å². The van der Waals surface area contributed by atoms with E-state index in [1.54, 1.807) is 0 Å². The van der Waals surface area contributed by atoms with Crippen LogP contribution in [0.4, 0.5) is 7.77 Å². The van der Waals surface area contributed by atoms with E-state index in [-0.39, 0.29) is 25.0 Å². The topological polar surface area (TPSA) is 147 Å². The molecule has 0 aromatic carbocycles. The van der Waals surface area contributed by atoms with Gasteiger partial charge in [0.2, 0.25) is 0 Å². The molecule has 0 aliphatic rings. The van der Waals surface area contributed by atoms with E-state index in [1.165, 1.54) is 0 Å². The predicted octanol–water partition coefficient (Wildman–Crippen LogP) is -3.66. The molecule has 0 aliphatic carbocycles. The Kier molecular flexibility index (Phi) is 14.9. The first-order valence-corrected chi connectivity index (χ1v) is 3.97. The first-order chi connectivity index (χ1) is 4.00. The SMILES string of the molecule is N.O=S(=O)(O)F.O=S(=O)([O-])F.[Li+]. The van der Waals surface area contributed by atoms with E-state index >= 15 is 0 Å². The largest absolute Gasteiger partial charge is 1.00 e. The van der Waals surface area contributed by atoms with Gasteiger partial charge in [-0.05, 0) is 0 Å². The molecule has 7 nitrogen and oxygen atoms in total. The zero-order valence-corrected chi connectivity index (χ0v) is 7.40. The molecule has 0 aromatic rings. The maximum Gasteiger partial charge on any atom is 1.00 e. The van der Waals surface area contributed by atoms with Gasteiger partial charge < -0.3 is 10.7 Å². The Labute approximate surface area is 80.0 Å². The molecule has 0 rings (SSSR count). The van der Waals surface area contributed by atoms with E-state index in [0.717, 1.165) is 0 Å². The van der Waals surface area contributed by atoms with Crippen LogP contribution in [0.3, 0.4) is 0 Å². The van der Waals surface area contributed by atoms with Gasteiger partial charge in [0.05, 0.1) is 0 Å². The molecule has 72 valence electrons. The summed E-state index contributed by atoms with van der Waals surface area (Å²) in [5.41, 5.74) is 0. The Balaban J connectivity index is -0.0000000457. The van der Waals surface area contributed by atoms with Crippen molar-refractivity contribution in [1.29, 1.82) is 0 Å². The Hall–Kier alpha value is 0.237. The van der Waals surface area contributed by atoms with E-state index in [4.69, 9.17) is 25.9 Å². The predicted molar refractivity (Wildman–Crippen MR) is 28.5 cm³/mol. The molecular weight excluding hydrogens is 219 g/mol. The summed E-state index contributed by atoms with van der Waals surface area (Å²) in [6, 6.07) is 0. The van der Waals surface area contributed by atoms with Crippen LogP contribution in [0.25, 0.3) is 0 Å². The van der Waals surface area contributed by atoms with Gasteiger partial charge in [-0.2, -0.15) is 8.42 Å². The third-order valence-electron chi connectivity index (χ3n) is 0. The molecule has 0 unspecified atom stereocenters. The van der Waals surface area contributed by atoms with Crippen LogP contribution in [-0.2, 0) is 21.0 Å². The number of hydrogen-bond acceptors (Lipinski definition) is 6. The van der Waals surface area contributed by atoms with E-state index in [2.05, 4.69) is 0 Å². The minimum absolute atomic E-state index is 0. The molecule has 0 atom stereocenters. The summed E-state index contributed by atoms with van der Waals surface area (Å²) in [4.78, 5) is 0. The second-order valence-corrected chi connectivity index (χ2v) is 2.42. The van der Waals surface area contributed by atoms with Crippen LogP contribution in [0.1, 0.15) is 0 Å². The van der Waals surface area contributed by atoms with Crippen molar-refractivity contribution in [3.05, 3.63) is 0 Å². The quantitative estimate of drug-likeness (QED) is 0.244. The van der Waals surface area contributed by atoms with Crippen molar-refractivity contribution < 1.29 is 52.6 Å². The Morgan fingerprint density at radius 1 is 1.08 bits per heavy atom. The van der Waals surface area contributed by atoms with Crippen molar-refractivity contribution in [2.45, 2.75) is 0 Å². The fraction of sp³-hybridized carbons (Fsp3) is 0. The number of rotatable bonds is 0. The third kappa shape index (κ3) is 15500. The average molecular weight is 223 g/mol. The van der Waals surface area contributed by atoms with E-state index in [9.17, 15) is 7.77 Å². The van der Waals surface area contributed by atoms with Crippen LogP contribution in [0.5, 0.6) is 0 Å². The van der Waals surface area contributed by atoms with Gasteiger partial charge >= 0.3 is 29.4 Å². The summed E-state index contributed by atoms with van der Waals surface area (Å²) < 4.78 is 69.4. The first-order valence-electron chi connectivity index (χ1n) is 1.32. The summed E-state index contributed by atoms with van der Waals surface area (Å²) in [5.74, 6) is 0. The van der Waals surface area contributed by atoms with Crippen molar-refractivity contribution in [2.75, 3.05) is 0 Å². The van der Waals surface area contributed by atoms with Crippen LogP contribution < -0.4 is 25.0 Å². The van der Waals surface area contributed by atoms with Crippen molar-refractivity contribution >= 4 is 21.0 Å². The molecular formula is H4F2LiNO6S2. The molecule has 12 heteroatoms. The fourth-order valence-electron chi connectivity index (χ4n) is 0. The number of hydrogen-bond donors (Lipinski definition) is 2. The van der Waals surface area contributed by atoms with E-state index in [1.807, 2.05) is 0 Å². The third-order valence-corrected chi connectivity index (χ3v) is 0. The summed E-state index contributed by atoms with van der Waals surface area (Å²) in [7, 11) is -10.6. The van der Waals surface area contributed by atoms with Gasteiger partial charge in [0.25, 0.3) is 10.5 Å². The maximum atomic E-state index is 10.2. The van der Waals surface area contributed by atoms with Crippen molar-refractivity contribution in [2.24, 2.45) is 0 Å². The molecule has 0 amide bonds. The van der Waals surface area contributed by atoms with Gasteiger partial charge in [0, 0.05) is 0 Å². The van der Waals surface area contributed by atoms with Crippen LogP contribution >= 0.6 is 0 Å². The van der Waals surface area contributed by atoms with Gasteiger partial charge in [0.15, 0.2) is 0 Å². The van der Waals surface area contributed by atoms with Gasteiger partial charge in [0.1, 0.15) is 0 Å². The molecule has 0 bridgehead atoms. The van der Waals surface area contributed by atoms with Crippen molar-refractivity contribution in [3.63, 3.8) is 0 Å². The second kappa shape index (κ2) is 7.86. The fourth-order valence-corrected chi connectivity index (χ4v) is 0. The minimum Gasteiger partial charge on any atom is -0.722 e. The molecule has 0 aromatic heterocycles. The molecule has 0 heterocycles. The molecule has 0 radical (unpaired) electrons. The van der Waals surface area contributed by atoms with E-state index < -0.39 is 21.0 Å². The average Bonchev–Trinajstić information content (AvgIpc) is 1.12. The second-order valence-electron chi connectivity index (χ2n) is 0.805. The first kappa shape index (κ1) is 22.8. The summed E-state index contributed by atoms with van der Waals surface area (Å²) in [6.07, 6.45) is 0. The van der Waals surface area contributed by atoms with Crippen LogP contribution in [0.15, 0.2) is 0 Å². The summed E-state index contributed by atoms with van der Waals surface area (Å²) in [5, 5.41) is 0. The van der Waals surface area contributed by atoms with Crippen molar-refractivity contribution in [3.8, 4) is 0 Å². The number of halogens is 2. The molecule has 0 spiro atoms. The van der Waals surface area contributed by atoms with Gasteiger partial charge in [-0.1, -0.05) is 3.89 Å². The summed E-state index contributed by atoms with van der Waals surface area (Å²) >= 11 is 0. The summed E-state index contributed by atoms with van der Waals surface area (Å²) in [6.45, 7) is 0. The molecule has 0 aliphatic heterocycles. The minimum atomic E-state index is -5.42. The van der Waals surface area contributed by atoms with Gasteiger partial charge in [-0.15, -0.1) is 3.89 Å². The Morgan fingerprint density at radius 2 is 1.08 bits per heavy atom. The Morgan fingerprint density at radius 3 is 1.08 bits per heavy atom. The van der Waals surface area contributed by atoms with Gasteiger partial charge in [-0.3, -0.25) is 4.55 Å². The standard InChI is InChI=1S/2FHO3S.Li.H3N/c2*1-5(2,3)4;;/h2*(H,2,3,4);;1H3/q;;+1;/p-1. The van der Waals surface area contributed by atoms with Crippen molar-refractivity contribution in [1.82, 2.24) is 6.15 Å². The maximum absolute atomic E-state index is 10.2. The molecule has 12 heavy (non-hydrogen) atoms. The zero-order chi connectivity index (χ0) is 9.00. The smallest absolute Gasteiger partial charge is 0.722 e. The van der Waals surface area contributed by atoms with Crippen LogP contribution in [0.2, 0.25) is 0 Å². The molecule has 0 fully saturated rings. The molecule has 0 saturated heterocycles. The zero-order valence-electron chi connectivity index (χ0n) is 5.77.